The number of rotatable bonds is 2. The van der Waals surface area contributed by atoms with E-state index >= 15 is 0 Å². The molecule has 0 radical (unpaired) electrons. The molecule has 0 spiro atoms. The van der Waals surface area contributed by atoms with E-state index in [2.05, 4.69) is 4.98 Å². The van der Waals surface area contributed by atoms with Gasteiger partial charge < -0.3 is 9.72 Å². The number of pyridine rings is 1. The Labute approximate surface area is 86.2 Å². The number of ether oxygens (including phenoxy) is 1. The van der Waals surface area contributed by atoms with Gasteiger partial charge in [-0.3, -0.25) is 4.79 Å². The molecule has 0 atom stereocenters. The summed E-state index contributed by atoms with van der Waals surface area (Å²) in [5.74, 6) is 0.179. The Morgan fingerprint density at radius 3 is 2.62 bits per heavy atom. The van der Waals surface area contributed by atoms with Crippen molar-refractivity contribution in [3.8, 4) is 5.88 Å². The highest BCUT2D eigenvalue weighted by Gasteiger charge is 2.17. The van der Waals surface area contributed by atoms with Crippen LogP contribution in [0.5, 0.6) is 5.88 Å². The predicted octanol–water partition coefficient (Wildman–Crippen LogP) is 1.93. The zero-order valence-electron chi connectivity index (χ0n) is 6.61. The smallest absolute Gasteiger partial charge is 0.270 e. The molecular formula is C7H6F2INO2. The lowest BCUT2D eigenvalue weighted by atomic mass is 10.3. The van der Waals surface area contributed by atoms with E-state index in [-0.39, 0.29) is 9.58 Å². The maximum absolute atomic E-state index is 12.3. The van der Waals surface area contributed by atoms with Crippen molar-refractivity contribution < 1.29 is 13.5 Å². The molecule has 6 heteroatoms. The van der Waals surface area contributed by atoms with Gasteiger partial charge in [-0.15, -0.1) is 0 Å². The molecule has 0 amide bonds. The molecule has 1 N–H and O–H groups in total. The van der Waals surface area contributed by atoms with Crippen LogP contribution < -0.4 is 10.2 Å². The number of aromatic amines is 1. The first-order valence-corrected chi connectivity index (χ1v) is 4.39. The number of hydrogen-bond donors (Lipinski definition) is 1. The molecule has 0 aliphatic carbocycles. The molecule has 3 nitrogen and oxygen atoms in total. The summed E-state index contributed by atoms with van der Waals surface area (Å²) in [5.41, 5.74) is -1.23. The van der Waals surface area contributed by atoms with Crippen LogP contribution in [-0.4, -0.2) is 12.1 Å². The summed E-state index contributed by atoms with van der Waals surface area (Å²) < 4.78 is 29.3. The van der Waals surface area contributed by atoms with Gasteiger partial charge >= 0.3 is 0 Å². The van der Waals surface area contributed by atoms with Crippen LogP contribution in [0.4, 0.5) is 8.78 Å². The van der Waals surface area contributed by atoms with Gasteiger partial charge in [-0.25, -0.2) is 8.78 Å². The number of hydrogen-bond acceptors (Lipinski definition) is 2. The third-order valence-electron chi connectivity index (χ3n) is 1.44. The molecule has 1 aromatic heterocycles. The highest BCUT2D eigenvalue weighted by atomic mass is 127. The molecule has 0 saturated carbocycles. The minimum atomic E-state index is -2.76. The van der Waals surface area contributed by atoms with E-state index in [1.807, 2.05) is 0 Å². The number of halogens is 3. The van der Waals surface area contributed by atoms with Crippen LogP contribution in [0, 0.1) is 3.70 Å². The molecule has 13 heavy (non-hydrogen) atoms. The fourth-order valence-electron chi connectivity index (χ4n) is 0.830. The second-order valence-corrected chi connectivity index (χ2v) is 3.31. The van der Waals surface area contributed by atoms with Crippen molar-refractivity contribution in [3.05, 3.63) is 25.6 Å². The number of H-pyrrole nitrogens is 1. The van der Waals surface area contributed by atoms with Gasteiger partial charge in [-0.1, -0.05) is 0 Å². The van der Waals surface area contributed by atoms with E-state index in [4.69, 9.17) is 4.74 Å². The van der Waals surface area contributed by atoms with Crippen molar-refractivity contribution in [3.63, 3.8) is 0 Å². The molecule has 1 heterocycles. The molecule has 1 rings (SSSR count). The Balaban J connectivity index is 3.32. The highest BCUT2D eigenvalue weighted by molar-refractivity contribution is 14.1. The minimum absolute atomic E-state index is 0.108. The van der Waals surface area contributed by atoms with Crippen LogP contribution in [0.25, 0.3) is 0 Å². The molecule has 0 aliphatic heterocycles. The van der Waals surface area contributed by atoms with E-state index in [1.54, 1.807) is 22.6 Å². The van der Waals surface area contributed by atoms with Gasteiger partial charge in [0.25, 0.3) is 6.43 Å². The lowest BCUT2D eigenvalue weighted by Gasteiger charge is -2.04. The van der Waals surface area contributed by atoms with Gasteiger partial charge in [0.15, 0.2) is 11.3 Å². The Morgan fingerprint density at radius 1 is 1.62 bits per heavy atom. The lowest BCUT2D eigenvalue weighted by molar-refractivity contribution is 0.148. The van der Waals surface area contributed by atoms with E-state index in [0.29, 0.717) is 0 Å². The standard InChI is InChI=1S/C7H6F2INO2/c1-13-4-2-3(12)5(6(8)9)7(10)11-4/h2,6H,1H3,(H,11,12). The molecule has 1 aromatic rings. The van der Waals surface area contributed by atoms with Crippen LogP contribution in [-0.2, 0) is 0 Å². The quantitative estimate of drug-likeness (QED) is 0.670. The second-order valence-electron chi connectivity index (χ2n) is 2.23. The summed E-state index contributed by atoms with van der Waals surface area (Å²) in [6.45, 7) is 0. The first kappa shape index (κ1) is 10.4. The highest BCUT2D eigenvalue weighted by Crippen LogP contribution is 2.20. The zero-order valence-corrected chi connectivity index (χ0v) is 8.76. The average Bonchev–Trinajstić information content (AvgIpc) is 2.02. The maximum Gasteiger partial charge on any atom is 0.270 e. The van der Waals surface area contributed by atoms with Gasteiger partial charge in [-0.05, 0) is 22.6 Å². The minimum Gasteiger partial charge on any atom is -0.482 e. The van der Waals surface area contributed by atoms with Gasteiger partial charge in [-0.2, -0.15) is 0 Å². The Morgan fingerprint density at radius 2 is 2.23 bits per heavy atom. The molecule has 0 bridgehead atoms. The molecular weight excluding hydrogens is 295 g/mol. The predicted molar refractivity (Wildman–Crippen MR) is 51.3 cm³/mol. The van der Waals surface area contributed by atoms with Crippen molar-refractivity contribution >= 4 is 22.6 Å². The molecule has 0 aliphatic rings. The Bertz CT molecular complexity index is 364. The van der Waals surface area contributed by atoms with E-state index in [0.717, 1.165) is 6.07 Å². The number of methoxy groups -OCH3 is 1. The third kappa shape index (κ3) is 2.17. The first-order valence-electron chi connectivity index (χ1n) is 3.31. The van der Waals surface area contributed by atoms with E-state index in [9.17, 15) is 13.6 Å². The fourth-order valence-corrected chi connectivity index (χ4v) is 1.60. The van der Waals surface area contributed by atoms with Crippen LogP contribution in [0.1, 0.15) is 12.0 Å². The topological polar surface area (TPSA) is 42.1 Å². The average molecular weight is 301 g/mol. The van der Waals surface area contributed by atoms with Crippen LogP contribution in [0.2, 0.25) is 0 Å². The molecule has 72 valence electrons. The van der Waals surface area contributed by atoms with Crippen LogP contribution in [0.15, 0.2) is 10.9 Å². The normalized spacial score (nSPS) is 10.5. The maximum atomic E-state index is 12.3. The van der Waals surface area contributed by atoms with Crippen LogP contribution >= 0.6 is 22.6 Å². The van der Waals surface area contributed by atoms with Gasteiger partial charge in [0, 0.05) is 6.07 Å². The SMILES string of the molecule is COc1cc(=O)c(C(F)F)c(I)[nH]1. The second kappa shape index (κ2) is 4.03. The van der Waals surface area contributed by atoms with Crippen molar-refractivity contribution in [1.82, 2.24) is 4.98 Å². The third-order valence-corrected chi connectivity index (χ3v) is 2.29. The molecule has 0 unspecified atom stereocenters. The van der Waals surface area contributed by atoms with Gasteiger partial charge in [0.05, 0.1) is 16.4 Å². The lowest BCUT2D eigenvalue weighted by Crippen LogP contribution is -2.12. The summed E-state index contributed by atoms with van der Waals surface area (Å²) in [5, 5.41) is 0. The number of aromatic nitrogens is 1. The fraction of sp³-hybridized carbons (Fsp3) is 0.286. The summed E-state index contributed by atoms with van der Waals surface area (Å²) in [6, 6.07) is 1.00. The molecule has 0 saturated heterocycles. The Kier molecular flexibility index (Phi) is 3.23. The molecule has 0 fully saturated rings. The summed E-state index contributed by atoms with van der Waals surface area (Å²) in [4.78, 5) is 13.6. The van der Waals surface area contributed by atoms with Crippen molar-refractivity contribution in [2.75, 3.05) is 7.11 Å². The summed E-state index contributed by atoms with van der Waals surface area (Å²) in [7, 11) is 1.35. The van der Waals surface area contributed by atoms with Crippen LogP contribution in [0.3, 0.4) is 0 Å². The monoisotopic (exact) mass is 301 g/mol. The summed E-state index contributed by atoms with van der Waals surface area (Å²) in [6.07, 6.45) is -2.76. The van der Waals surface area contributed by atoms with Crippen molar-refractivity contribution in [2.45, 2.75) is 6.43 Å². The summed E-state index contributed by atoms with van der Waals surface area (Å²) >= 11 is 1.63. The van der Waals surface area contributed by atoms with Gasteiger partial charge in [0.2, 0.25) is 0 Å². The number of alkyl halides is 2. The van der Waals surface area contributed by atoms with Gasteiger partial charge in [0.1, 0.15) is 0 Å². The molecule has 0 aromatic carbocycles. The first-order chi connectivity index (χ1) is 6.06. The number of nitrogens with one attached hydrogen (secondary N) is 1. The Hall–Kier alpha value is -0.660. The zero-order chi connectivity index (χ0) is 10.0. The van der Waals surface area contributed by atoms with E-state index < -0.39 is 17.4 Å². The van der Waals surface area contributed by atoms with Crippen molar-refractivity contribution in [1.29, 1.82) is 0 Å². The van der Waals surface area contributed by atoms with Crippen molar-refractivity contribution in [2.24, 2.45) is 0 Å². The van der Waals surface area contributed by atoms with E-state index in [1.165, 1.54) is 7.11 Å². The largest absolute Gasteiger partial charge is 0.482 e.